The first-order chi connectivity index (χ1) is 8.46. The summed E-state index contributed by atoms with van der Waals surface area (Å²) in [6.07, 6.45) is 0. The lowest BCUT2D eigenvalue weighted by Crippen LogP contribution is -2.32. The molecule has 110 valence electrons. The topological polar surface area (TPSA) is 58.2 Å². The Bertz CT molecular complexity index is 474. The van der Waals surface area contributed by atoms with Gasteiger partial charge in [-0.15, -0.1) is 12.4 Å². The average molecular weight is 348 g/mol. The van der Waals surface area contributed by atoms with Gasteiger partial charge in [0.1, 0.15) is 0 Å². The van der Waals surface area contributed by atoms with Crippen LogP contribution >= 0.6 is 35.6 Å². The molecule has 4 nitrogen and oxygen atoms in total. The van der Waals surface area contributed by atoms with Crippen LogP contribution in [0, 0.1) is 0 Å². The van der Waals surface area contributed by atoms with Gasteiger partial charge in [-0.2, -0.15) is 0 Å². The third-order valence-corrected chi connectivity index (χ3v) is 4.29. The average Bonchev–Trinajstić information content (AvgIpc) is 2.30. The van der Waals surface area contributed by atoms with E-state index < -0.39 is 10.0 Å². The second kappa shape index (κ2) is 9.00. The molecule has 8 heteroatoms. The highest BCUT2D eigenvalue weighted by atomic mass is 35.5. The zero-order valence-electron chi connectivity index (χ0n) is 10.4. The number of nitrogens with one attached hydrogen (secondary N) is 2. The number of hydrogen-bond acceptors (Lipinski definition) is 3. The fourth-order valence-electron chi connectivity index (χ4n) is 1.38. The Morgan fingerprint density at radius 3 is 2.26 bits per heavy atom. The molecule has 0 aliphatic heterocycles. The first-order valence-electron chi connectivity index (χ1n) is 5.57. The van der Waals surface area contributed by atoms with Crippen LogP contribution in [0.25, 0.3) is 0 Å². The SMILES string of the molecule is CCNCCNS(=O)(=O)Cc1c(Cl)cccc1Cl.Cl. The van der Waals surface area contributed by atoms with E-state index in [-0.39, 0.29) is 18.2 Å². The number of hydrogen-bond donors (Lipinski definition) is 2. The molecule has 0 aliphatic rings. The van der Waals surface area contributed by atoms with E-state index in [1.807, 2.05) is 6.92 Å². The van der Waals surface area contributed by atoms with E-state index in [1.54, 1.807) is 18.2 Å². The molecular weight excluding hydrogens is 331 g/mol. The molecule has 1 rings (SSSR count). The van der Waals surface area contributed by atoms with Crippen LogP contribution < -0.4 is 10.0 Å². The normalized spacial score (nSPS) is 11.1. The lowest BCUT2D eigenvalue weighted by molar-refractivity contribution is 0.576. The number of halogens is 3. The molecule has 0 unspecified atom stereocenters. The van der Waals surface area contributed by atoms with Crippen molar-refractivity contribution in [1.29, 1.82) is 0 Å². The molecule has 0 fully saturated rings. The summed E-state index contributed by atoms with van der Waals surface area (Å²) >= 11 is 11.9. The van der Waals surface area contributed by atoms with Crippen LogP contribution in [0.3, 0.4) is 0 Å². The van der Waals surface area contributed by atoms with Gasteiger partial charge in [-0.25, -0.2) is 13.1 Å². The third-order valence-electron chi connectivity index (χ3n) is 2.27. The van der Waals surface area contributed by atoms with Gasteiger partial charge >= 0.3 is 0 Å². The summed E-state index contributed by atoms with van der Waals surface area (Å²) in [4.78, 5) is 0. The van der Waals surface area contributed by atoms with Crippen molar-refractivity contribution in [2.45, 2.75) is 12.7 Å². The minimum atomic E-state index is -3.42. The zero-order chi connectivity index (χ0) is 13.6. The summed E-state index contributed by atoms with van der Waals surface area (Å²) < 4.78 is 26.1. The van der Waals surface area contributed by atoms with Gasteiger partial charge < -0.3 is 5.32 Å². The van der Waals surface area contributed by atoms with Gasteiger partial charge in [-0.3, -0.25) is 0 Å². The number of sulfonamides is 1. The molecule has 0 amide bonds. The molecular formula is C11H17Cl3N2O2S. The Balaban J connectivity index is 0.00000324. The fourth-order valence-corrected chi connectivity index (χ4v) is 3.28. The van der Waals surface area contributed by atoms with Gasteiger partial charge in [0.25, 0.3) is 0 Å². The minimum absolute atomic E-state index is 0. The molecule has 0 radical (unpaired) electrons. The summed E-state index contributed by atoms with van der Waals surface area (Å²) in [6, 6.07) is 4.92. The van der Waals surface area contributed by atoms with Crippen molar-refractivity contribution in [2.75, 3.05) is 19.6 Å². The van der Waals surface area contributed by atoms with Gasteiger partial charge in [0, 0.05) is 28.7 Å². The second-order valence-corrected chi connectivity index (χ2v) is 6.33. The van der Waals surface area contributed by atoms with E-state index in [4.69, 9.17) is 23.2 Å². The van der Waals surface area contributed by atoms with Gasteiger partial charge in [0.15, 0.2) is 0 Å². The fraction of sp³-hybridized carbons (Fsp3) is 0.455. The number of benzene rings is 1. The van der Waals surface area contributed by atoms with Crippen molar-refractivity contribution in [3.8, 4) is 0 Å². The maximum absolute atomic E-state index is 11.8. The van der Waals surface area contributed by atoms with E-state index in [1.165, 1.54) is 0 Å². The van der Waals surface area contributed by atoms with E-state index in [2.05, 4.69) is 10.0 Å². The largest absolute Gasteiger partial charge is 0.316 e. The number of rotatable bonds is 7. The maximum atomic E-state index is 11.8. The van der Waals surface area contributed by atoms with Gasteiger partial charge in [0.2, 0.25) is 10.0 Å². The van der Waals surface area contributed by atoms with Crippen molar-refractivity contribution in [3.63, 3.8) is 0 Å². The molecule has 19 heavy (non-hydrogen) atoms. The van der Waals surface area contributed by atoms with Crippen LogP contribution in [0.4, 0.5) is 0 Å². The van der Waals surface area contributed by atoms with Crippen molar-refractivity contribution < 1.29 is 8.42 Å². The Kier molecular flexibility index (Phi) is 8.98. The predicted molar refractivity (Wildman–Crippen MR) is 82.9 cm³/mol. The van der Waals surface area contributed by atoms with E-state index >= 15 is 0 Å². The summed E-state index contributed by atoms with van der Waals surface area (Å²) in [7, 11) is -3.42. The van der Waals surface area contributed by atoms with Crippen molar-refractivity contribution in [1.82, 2.24) is 10.0 Å². The van der Waals surface area contributed by atoms with E-state index in [0.29, 0.717) is 28.7 Å². The highest BCUT2D eigenvalue weighted by Gasteiger charge is 2.15. The molecule has 1 aromatic rings. The summed E-state index contributed by atoms with van der Waals surface area (Å²) in [5, 5.41) is 3.75. The number of likely N-dealkylation sites (N-methyl/N-ethyl adjacent to an activating group) is 1. The first kappa shape index (κ1) is 19.0. The minimum Gasteiger partial charge on any atom is -0.316 e. The first-order valence-corrected chi connectivity index (χ1v) is 7.98. The Morgan fingerprint density at radius 1 is 1.16 bits per heavy atom. The summed E-state index contributed by atoms with van der Waals surface area (Å²) in [5.41, 5.74) is 0.428. The van der Waals surface area contributed by atoms with Crippen LogP contribution in [-0.2, 0) is 15.8 Å². The van der Waals surface area contributed by atoms with Crippen LogP contribution in [0.15, 0.2) is 18.2 Å². The maximum Gasteiger partial charge on any atom is 0.215 e. The van der Waals surface area contributed by atoms with Crippen LogP contribution in [0.5, 0.6) is 0 Å². The highest BCUT2D eigenvalue weighted by Crippen LogP contribution is 2.25. The molecule has 0 aliphatic carbocycles. The molecule has 2 N–H and O–H groups in total. The quantitative estimate of drug-likeness (QED) is 0.745. The lowest BCUT2D eigenvalue weighted by Gasteiger charge is -2.09. The van der Waals surface area contributed by atoms with Crippen LogP contribution in [0.2, 0.25) is 10.0 Å². The highest BCUT2D eigenvalue weighted by molar-refractivity contribution is 7.88. The van der Waals surface area contributed by atoms with Crippen LogP contribution in [0.1, 0.15) is 12.5 Å². The molecule has 0 aromatic heterocycles. The monoisotopic (exact) mass is 346 g/mol. The lowest BCUT2D eigenvalue weighted by atomic mass is 10.2. The molecule has 0 saturated heterocycles. The van der Waals surface area contributed by atoms with Crippen molar-refractivity contribution >= 4 is 45.6 Å². The molecule has 1 aromatic carbocycles. The van der Waals surface area contributed by atoms with Gasteiger partial charge in [-0.1, -0.05) is 36.2 Å². The van der Waals surface area contributed by atoms with Crippen LogP contribution in [-0.4, -0.2) is 28.1 Å². The zero-order valence-corrected chi connectivity index (χ0v) is 13.6. The standard InChI is InChI=1S/C11H16Cl2N2O2S.ClH/c1-2-14-6-7-15-18(16,17)8-9-10(12)4-3-5-11(9)13;/h3-5,14-15H,2,6-8H2,1H3;1H. The van der Waals surface area contributed by atoms with Crippen molar-refractivity contribution in [3.05, 3.63) is 33.8 Å². The Hall–Kier alpha value is -0.0400. The van der Waals surface area contributed by atoms with Gasteiger partial charge in [0.05, 0.1) is 5.75 Å². The molecule has 0 bridgehead atoms. The molecule has 0 saturated carbocycles. The Labute approximate surface area is 130 Å². The second-order valence-electron chi connectivity index (χ2n) is 3.71. The summed E-state index contributed by atoms with van der Waals surface area (Å²) in [6.45, 7) is 3.69. The molecule has 0 heterocycles. The Morgan fingerprint density at radius 2 is 1.74 bits per heavy atom. The predicted octanol–water partition coefficient (Wildman–Crippen LogP) is 2.44. The van der Waals surface area contributed by atoms with E-state index in [0.717, 1.165) is 6.54 Å². The van der Waals surface area contributed by atoms with E-state index in [9.17, 15) is 8.42 Å². The third kappa shape index (κ3) is 6.79. The molecule has 0 atom stereocenters. The van der Waals surface area contributed by atoms with Crippen molar-refractivity contribution in [2.24, 2.45) is 0 Å². The van der Waals surface area contributed by atoms with Gasteiger partial charge in [-0.05, 0) is 18.7 Å². The summed E-state index contributed by atoms with van der Waals surface area (Å²) in [5.74, 6) is -0.211. The smallest absolute Gasteiger partial charge is 0.215 e. The molecule has 0 spiro atoms.